The zero-order valence-electron chi connectivity index (χ0n) is 15.5. The van der Waals surface area contributed by atoms with Gasteiger partial charge in [0.15, 0.2) is 5.56 Å². The first kappa shape index (κ1) is 19.7. The number of hydrogen-bond donors (Lipinski definition) is 0. The summed E-state index contributed by atoms with van der Waals surface area (Å²) in [6.07, 6.45) is 4.97. The Kier molecular flexibility index (Phi) is 7.42. The molecule has 1 fully saturated rings. The van der Waals surface area contributed by atoms with Gasteiger partial charge < -0.3 is 14.4 Å². The summed E-state index contributed by atoms with van der Waals surface area (Å²) in [5.74, 6) is 0.866. The molecule has 7 heteroatoms. The molecular weight excluding hydrogens is 332 g/mol. The molecule has 0 saturated carbocycles. The number of carbonyl (C=O) groups excluding carboxylic acids is 1. The first-order valence-corrected chi connectivity index (χ1v) is 8.77. The topological polar surface area (TPSA) is 78.7 Å². The molecule has 140 valence electrons. The Bertz CT molecular complexity index is 663. The third-order valence-electron chi connectivity index (χ3n) is 4.45. The van der Waals surface area contributed by atoms with Crippen molar-refractivity contribution in [3.8, 4) is 17.7 Å². The number of rotatable bonds is 8. The molecule has 2 rings (SSSR count). The summed E-state index contributed by atoms with van der Waals surface area (Å²) in [4.78, 5) is 19.7. The van der Waals surface area contributed by atoms with E-state index in [1.54, 1.807) is 19.2 Å². The minimum Gasteiger partial charge on any atom is -0.487 e. The summed E-state index contributed by atoms with van der Waals surface area (Å²) in [6.45, 7) is 9.22. The van der Waals surface area contributed by atoms with Crippen LogP contribution in [0.2, 0.25) is 0 Å². The van der Waals surface area contributed by atoms with Crippen LogP contribution in [0.1, 0.15) is 25.3 Å². The molecule has 1 aromatic heterocycles. The van der Waals surface area contributed by atoms with Crippen LogP contribution in [0.25, 0.3) is 0 Å². The van der Waals surface area contributed by atoms with E-state index in [1.807, 2.05) is 11.0 Å². The summed E-state index contributed by atoms with van der Waals surface area (Å²) >= 11 is 0. The normalized spacial score (nSPS) is 15.8. The van der Waals surface area contributed by atoms with Crippen molar-refractivity contribution >= 4 is 5.91 Å². The van der Waals surface area contributed by atoms with Gasteiger partial charge >= 0.3 is 0 Å². The summed E-state index contributed by atoms with van der Waals surface area (Å²) in [5.41, 5.74) is 0.306. The lowest BCUT2D eigenvalue weighted by Gasteiger charge is -2.36. The van der Waals surface area contributed by atoms with Gasteiger partial charge in [-0.2, -0.15) is 5.26 Å². The maximum Gasteiger partial charge on any atom is 0.235 e. The molecule has 26 heavy (non-hydrogen) atoms. The van der Waals surface area contributed by atoms with E-state index in [4.69, 9.17) is 9.47 Å². The fourth-order valence-electron chi connectivity index (χ4n) is 2.99. The molecule has 1 saturated heterocycles. The Balaban J connectivity index is 2.05. The lowest BCUT2D eigenvalue weighted by atomic mass is 10.1. The van der Waals surface area contributed by atoms with E-state index in [0.717, 1.165) is 45.6 Å². The summed E-state index contributed by atoms with van der Waals surface area (Å²) in [7, 11) is 1.48. The Morgan fingerprint density at radius 2 is 2.19 bits per heavy atom. The van der Waals surface area contributed by atoms with Crippen molar-refractivity contribution in [2.45, 2.75) is 25.9 Å². The molecule has 0 unspecified atom stereocenters. The van der Waals surface area contributed by atoms with Crippen LogP contribution in [-0.4, -0.2) is 66.6 Å². The first-order valence-electron chi connectivity index (χ1n) is 8.77. The summed E-state index contributed by atoms with van der Waals surface area (Å²) < 4.78 is 11.3. The second-order valence-corrected chi connectivity index (χ2v) is 6.22. The van der Waals surface area contributed by atoms with Crippen molar-refractivity contribution in [2.75, 3.05) is 39.8 Å². The number of carbonyl (C=O) groups is 1. The predicted octanol–water partition coefficient (Wildman–Crippen LogP) is 1.84. The maximum absolute atomic E-state index is 11.5. The number of nitrogens with zero attached hydrogens (tertiary/aromatic N) is 4. The molecule has 1 atom stereocenters. The third-order valence-corrected chi connectivity index (χ3v) is 4.45. The van der Waals surface area contributed by atoms with E-state index >= 15 is 0 Å². The van der Waals surface area contributed by atoms with Crippen LogP contribution in [0.4, 0.5) is 0 Å². The van der Waals surface area contributed by atoms with Gasteiger partial charge in [0.25, 0.3) is 0 Å². The van der Waals surface area contributed by atoms with Crippen molar-refractivity contribution in [2.24, 2.45) is 0 Å². The second kappa shape index (κ2) is 9.78. The Labute approximate surface area is 154 Å². The molecule has 0 N–H and O–H groups in total. The number of aromatic nitrogens is 1. The molecule has 0 bridgehead atoms. The van der Waals surface area contributed by atoms with Crippen molar-refractivity contribution < 1.29 is 14.3 Å². The number of amides is 1. The van der Waals surface area contributed by atoms with Crippen LogP contribution in [0.3, 0.4) is 0 Å². The van der Waals surface area contributed by atoms with Gasteiger partial charge in [0.1, 0.15) is 17.9 Å². The zero-order chi connectivity index (χ0) is 18.9. The van der Waals surface area contributed by atoms with Crippen molar-refractivity contribution in [3.05, 3.63) is 30.5 Å². The quantitative estimate of drug-likeness (QED) is 0.660. The highest BCUT2D eigenvalue weighted by atomic mass is 16.5. The molecule has 2 heterocycles. The van der Waals surface area contributed by atoms with Crippen LogP contribution in [-0.2, 0) is 4.79 Å². The van der Waals surface area contributed by atoms with E-state index < -0.39 is 0 Å². The third kappa shape index (κ3) is 5.20. The van der Waals surface area contributed by atoms with Crippen LogP contribution in [0.5, 0.6) is 11.6 Å². The van der Waals surface area contributed by atoms with Gasteiger partial charge in [-0.15, -0.1) is 6.58 Å². The molecule has 1 aromatic rings. The van der Waals surface area contributed by atoms with Crippen molar-refractivity contribution in [1.29, 1.82) is 5.26 Å². The fraction of sp³-hybridized carbons (Fsp3) is 0.526. The van der Waals surface area contributed by atoms with Crippen LogP contribution < -0.4 is 9.47 Å². The highest BCUT2D eigenvalue weighted by molar-refractivity contribution is 5.73. The lowest BCUT2D eigenvalue weighted by molar-refractivity contribution is -0.130. The molecule has 7 nitrogen and oxygen atoms in total. The van der Waals surface area contributed by atoms with E-state index in [1.165, 1.54) is 7.11 Å². The number of ether oxygens (including phenoxy) is 2. The number of pyridine rings is 1. The zero-order valence-corrected chi connectivity index (χ0v) is 15.5. The van der Waals surface area contributed by atoms with Gasteiger partial charge in [-0.05, 0) is 12.8 Å². The number of hydrogen-bond acceptors (Lipinski definition) is 6. The van der Waals surface area contributed by atoms with Gasteiger partial charge in [-0.25, -0.2) is 4.98 Å². The Morgan fingerprint density at radius 3 is 2.77 bits per heavy atom. The van der Waals surface area contributed by atoms with Crippen molar-refractivity contribution in [3.63, 3.8) is 0 Å². The van der Waals surface area contributed by atoms with E-state index in [-0.39, 0.29) is 17.9 Å². The fourth-order valence-corrected chi connectivity index (χ4v) is 2.99. The van der Waals surface area contributed by atoms with Gasteiger partial charge in [-0.3, -0.25) is 9.69 Å². The molecule has 1 aliphatic heterocycles. The average Bonchev–Trinajstić information content (AvgIpc) is 2.66. The highest BCUT2D eigenvalue weighted by Crippen LogP contribution is 2.26. The number of piperazine rings is 1. The first-order chi connectivity index (χ1) is 12.6. The monoisotopic (exact) mass is 358 g/mol. The molecule has 0 aromatic carbocycles. The molecule has 1 aliphatic rings. The molecular formula is C19H26N4O3. The number of nitriles is 1. The van der Waals surface area contributed by atoms with Crippen molar-refractivity contribution in [1.82, 2.24) is 14.8 Å². The summed E-state index contributed by atoms with van der Waals surface area (Å²) in [6, 6.07) is 3.80. The number of allylic oxidation sites excluding steroid dienone is 1. The van der Waals surface area contributed by atoms with Crippen LogP contribution >= 0.6 is 0 Å². The molecule has 0 aliphatic carbocycles. The lowest BCUT2D eigenvalue weighted by Crippen LogP contribution is -2.50. The SMILES string of the molecule is C=CCC[C@@H](CN1CCN(C(C)=O)CC1)Oc1ccnc(OC)c1C#N. The molecule has 0 radical (unpaired) electrons. The smallest absolute Gasteiger partial charge is 0.235 e. The minimum atomic E-state index is -0.0870. The van der Waals surface area contributed by atoms with E-state index in [2.05, 4.69) is 22.5 Å². The van der Waals surface area contributed by atoms with Crippen LogP contribution in [0, 0.1) is 11.3 Å². The summed E-state index contributed by atoms with van der Waals surface area (Å²) in [5, 5.41) is 9.41. The van der Waals surface area contributed by atoms with Gasteiger partial charge in [0.05, 0.1) is 7.11 Å². The predicted molar refractivity (Wildman–Crippen MR) is 98.0 cm³/mol. The molecule has 0 spiro atoms. The van der Waals surface area contributed by atoms with Gasteiger partial charge in [0, 0.05) is 51.9 Å². The average molecular weight is 358 g/mol. The Hall–Kier alpha value is -2.59. The maximum atomic E-state index is 11.5. The Morgan fingerprint density at radius 1 is 1.46 bits per heavy atom. The van der Waals surface area contributed by atoms with Gasteiger partial charge in [-0.1, -0.05) is 6.08 Å². The highest BCUT2D eigenvalue weighted by Gasteiger charge is 2.23. The second-order valence-electron chi connectivity index (χ2n) is 6.22. The van der Waals surface area contributed by atoms with E-state index in [0.29, 0.717) is 11.3 Å². The standard InChI is InChI=1S/C19H26N4O3/c1-4-5-6-16(14-22-9-11-23(12-10-22)15(2)24)26-18-7-8-21-19(25-3)17(18)13-20/h4,7-8,16H,1,5-6,9-12,14H2,2-3H3/t16-/m0/s1. The minimum absolute atomic E-state index is 0.0870. The number of methoxy groups -OCH3 is 1. The largest absolute Gasteiger partial charge is 0.487 e. The van der Waals surface area contributed by atoms with Gasteiger partial charge in [0.2, 0.25) is 11.8 Å². The van der Waals surface area contributed by atoms with Crippen LogP contribution in [0.15, 0.2) is 24.9 Å². The molecule has 1 amide bonds. The van der Waals surface area contributed by atoms with E-state index in [9.17, 15) is 10.1 Å².